The molecule has 0 radical (unpaired) electrons. The molecule has 4 heteroatoms. The Bertz CT molecular complexity index is 231. The van der Waals surface area contributed by atoms with Crippen LogP contribution in [0.2, 0.25) is 0 Å². The predicted octanol–water partition coefficient (Wildman–Crippen LogP) is 0.602. The second-order valence-corrected chi connectivity index (χ2v) is 5.36. The number of nitrogens with zero attached hydrogens (tertiary/aromatic N) is 1. The lowest BCUT2D eigenvalue weighted by Gasteiger charge is -2.56. The van der Waals surface area contributed by atoms with Gasteiger partial charge >= 0.3 is 0 Å². The second-order valence-electron chi connectivity index (χ2n) is 5.36. The summed E-state index contributed by atoms with van der Waals surface area (Å²) in [5, 5.41) is 0. The zero-order valence-electron chi connectivity index (χ0n) is 10.6. The molecule has 0 aromatic rings. The second kappa shape index (κ2) is 4.61. The van der Waals surface area contributed by atoms with Crippen molar-refractivity contribution in [1.82, 2.24) is 4.90 Å². The molecule has 0 amide bonds. The fourth-order valence-corrected chi connectivity index (χ4v) is 3.07. The van der Waals surface area contributed by atoms with Crippen LogP contribution in [0.4, 0.5) is 0 Å². The van der Waals surface area contributed by atoms with Crippen molar-refractivity contribution in [2.75, 3.05) is 26.7 Å². The summed E-state index contributed by atoms with van der Waals surface area (Å²) in [6.07, 6.45) is 3.17. The number of nitrogens with two attached hydrogens (primary N) is 1. The van der Waals surface area contributed by atoms with Crippen LogP contribution in [0.5, 0.6) is 0 Å². The van der Waals surface area contributed by atoms with E-state index in [2.05, 4.69) is 18.7 Å². The number of methoxy groups -OCH3 is 1. The van der Waals surface area contributed by atoms with Crippen LogP contribution in [0, 0.1) is 0 Å². The van der Waals surface area contributed by atoms with Gasteiger partial charge in [-0.3, -0.25) is 4.90 Å². The first-order valence-corrected chi connectivity index (χ1v) is 6.23. The summed E-state index contributed by atoms with van der Waals surface area (Å²) in [6.45, 7) is 7.00. The highest BCUT2D eigenvalue weighted by Crippen LogP contribution is 2.40. The van der Waals surface area contributed by atoms with Gasteiger partial charge in [0.15, 0.2) is 0 Å². The molecule has 2 rings (SSSR count). The van der Waals surface area contributed by atoms with Gasteiger partial charge < -0.3 is 15.2 Å². The largest absolute Gasteiger partial charge is 0.381 e. The van der Waals surface area contributed by atoms with Gasteiger partial charge in [0.1, 0.15) is 0 Å². The quantitative estimate of drug-likeness (QED) is 0.768. The standard InChI is InChI=1S/C12H24N2O2/c1-9-6-14(7-10(2)16-9)12(8-13)4-11(5-12)15-3/h9-11H,4-8,13H2,1-3H3. The maximum absolute atomic E-state index is 5.97. The molecule has 1 saturated heterocycles. The first-order chi connectivity index (χ1) is 7.59. The lowest BCUT2D eigenvalue weighted by Crippen LogP contribution is -2.67. The third kappa shape index (κ3) is 2.12. The van der Waals surface area contributed by atoms with E-state index in [1.807, 2.05) is 0 Å². The van der Waals surface area contributed by atoms with Crippen molar-refractivity contribution < 1.29 is 9.47 Å². The van der Waals surface area contributed by atoms with Crippen LogP contribution in [-0.2, 0) is 9.47 Å². The first-order valence-electron chi connectivity index (χ1n) is 6.23. The minimum absolute atomic E-state index is 0.174. The number of morpholine rings is 1. The molecule has 2 unspecified atom stereocenters. The Labute approximate surface area is 98.1 Å². The molecule has 0 aromatic carbocycles. The van der Waals surface area contributed by atoms with Gasteiger partial charge in [0.05, 0.1) is 18.3 Å². The van der Waals surface area contributed by atoms with Gasteiger partial charge in [-0.1, -0.05) is 0 Å². The molecule has 4 nitrogen and oxygen atoms in total. The van der Waals surface area contributed by atoms with Gasteiger partial charge in [-0.05, 0) is 26.7 Å². The van der Waals surface area contributed by atoms with Crippen molar-refractivity contribution in [3.63, 3.8) is 0 Å². The van der Waals surface area contributed by atoms with Crippen molar-refractivity contribution >= 4 is 0 Å². The van der Waals surface area contributed by atoms with E-state index in [9.17, 15) is 0 Å². The van der Waals surface area contributed by atoms with Crippen molar-refractivity contribution in [3.05, 3.63) is 0 Å². The van der Waals surface area contributed by atoms with Crippen LogP contribution in [0.1, 0.15) is 26.7 Å². The molecule has 2 aliphatic rings. The summed E-state index contributed by atoms with van der Waals surface area (Å²) < 4.78 is 11.1. The SMILES string of the molecule is COC1CC(CN)(N2CC(C)OC(C)C2)C1. The fraction of sp³-hybridized carbons (Fsp3) is 1.00. The molecule has 94 valence electrons. The molecule has 1 saturated carbocycles. The molecule has 2 atom stereocenters. The van der Waals surface area contributed by atoms with Crippen LogP contribution in [0.25, 0.3) is 0 Å². The van der Waals surface area contributed by atoms with Gasteiger partial charge in [0.25, 0.3) is 0 Å². The summed E-state index contributed by atoms with van der Waals surface area (Å²) in [7, 11) is 1.79. The number of ether oxygens (including phenoxy) is 2. The Morgan fingerprint density at radius 3 is 2.31 bits per heavy atom. The smallest absolute Gasteiger partial charge is 0.0678 e. The van der Waals surface area contributed by atoms with Gasteiger partial charge in [-0.15, -0.1) is 0 Å². The monoisotopic (exact) mass is 228 g/mol. The van der Waals surface area contributed by atoms with E-state index in [1.165, 1.54) is 0 Å². The van der Waals surface area contributed by atoms with Crippen LogP contribution < -0.4 is 5.73 Å². The van der Waals surface area contributed by atoms with Gasteiger partial charge in [-0.25, -0.2) is 0 Å². The van der Waals surface area contributed by atoms with Crippen molar-refractivity contribution in [2.45, 2.75) is 50.5 Å². The Hall–Kier alpha value is -0.160. The van der Waals surface area contributed by atoms with E-state index in [1.54, 1.807) is 7.11 Å². The Morgan fingerprint density at radius 2 is 1.88 bits per heavy atom. The topological polar surface area (TPSA) is 47.7 Å². The molecule has 2 fully saturated rings. The van der Waals surface area contributed by atoms with Crippen molar-refractivity contribution in [1.29, 1.82) is 0 Å². The molecule has 1 aliphatic heterocycles. The lowest BCUT2D eigenvalue weighted by molar-refractivity contribution is -0.149. The summed E-state index contributed by atoms with van der Waals surface area (Å²) in [5.41, 5.74) is 6.14. The van der Waals surface area contributed by atoms with E-state index in [-0.39, 0.29) is 5.54 Å². The van der Waals surface area contributed by atoms with Gasteiger partial charge in [-0.2, -0.15) is 0 Å². The van der Waals surface area contributed by atoms with Gasteiger partial charge in [0, 0.05) is 32.3 Å². The minimum Gasteiger partial charge on any atom is -0.381 e. The van der Waals surface area contributed by atoms with Crippen LogP contribution in [0.15, 0.2) is 0 Å². The normalized spacial score (nSPS) is 45.4. The summed E-state index contributed by atoms with van der Waals surface area (Å²) >= 11 is 0. The van der Waals surface area contributed by atoms with E-state index in [4.69, 9.17) is 15.2 Å². The number of hydrogen-bond acceptors (Lipinski definition) is 4. The molecular weight excluding hydrogens is 204 g/mol. The Balaban J connectivity index is 1.99. The molecular formula is C12H24N2O2. The minimum atomic E-state index is 0.174. The summed E-state index contributed by atoms with van der Waals surface area (Å²) in [4.78, 5) is 2.52. The predicted molar refractivity (Wildman–Crippen MR) is 63.4 cm³/mol. The molecule has 0 spiro atoms. The molecule has 1 heterocycles. The van der Waals surface area contributed by atoms with E-state index in [0.717, 1.165) is 32.5 Å². The zero-order chi connectivity index (χ0) is 11.8. The highest BCUT2D eigenvalue weighted by atomic mass is 16.5. The van der Waals surface area contributed by atoms with Crippen molar-refractivity contribution in [3.8, 4) is 0 Å². The average Bonchev–Trinajstić information content (AvgIpc) is 2.16. The highest BCUT2D eigenvalue weighted by Gasteiger charge is 2.49. The third-order valence-electron chi connectivity index (χ3n) is 4.02. The van der Waals surface area contributed by atoms with Gasteiger partial charge in [0.2, 0.25) is 0 Å². The number of rotatable bonds is 3. The van der Waals surface area contributed by atoms with Crippen LogP contribution >= 0.6 is 0 Å². The lowest BCUT2D eigenvalue weighted by atomic mass is 9.72. The molecule has 0 bridgehead atoms. The van der Waals surface area contributed by atoms with E-state index < -0.39 is 0 Å². The van der Waals surface area contributed by atoms with E-state index >= 15 is 0 Å². The summed E-state index contributed by atoms with van der Waals surface area (Å²) in [6, 6.07) is 0. The molecule has 16 heavy (non-hydrogen) atoms. The molecule has 1 aliphatic carbocycles. The summed E-state index contributed by atoms with van der Waals surface area (Å²) in [5.74, 6) is 0. The maximum Gasteiger partial charge on any atom is 0.0678 e. The number of hydrogen-bond donors (Lipinski definition) is 1. The maximum atomic E-state index is 5.97. The Kier molecular flexibility index (Phi) is 3.54. The highest BCUT2D eigenvalue weighted by molar-refractivity contribution is 5.05. The van der Waals surface area contributed by atoms with Crippen LogP contribution in [0.3, 0.4) is 0 Å². The fourth-order valence-electron chi connectivity index (χ4n) is 3.07. The Morgan fingerprint density at radius 1 is 1.31 bits per heavy atom. The first kappa shape index (κ1) is 12.3. The van der Waals surface area contributed by atoms with Crippen molar-refractivity contribution in [2.24, 2.45) is 5.73 Å². The zero-order valence-corrected chi connectivity index (χ0v) is 10.6. The third-order valence-corrected chi connectivity index (χ3v) is 4.02. The molecule has 2 N–H and O–H groups in total. The van der Waals surface area contributed by atoms with E-state index in [0.29, 0.717) is 18.3 Å². The molecule has 0 aromatic heterocycles. The average molecular weight is 228 g/mol. The van der Waals surface area contributed by atoms with Crippen LogP contribution in [-0.4, -0.2) is 55.5 Å².